The molecule has 0 saturated heterocycles. The average molecular weight is 180 g/mol. The highest BCUT2D eigenvalue weighted by molar-refractivity contribution is 5.01. The molecular weight excluding hydrogens is 164 g/mol. The lowest BCUT2D eigenvalue weighted by molar-refractivity contribution is -0.0795. The van der Waals surface area contributed by atoms with E-state index >= 15 is 0 Å². The number of hydrogen-bond donors (Lipinski definition) is 1. The Morgan fingerprint density at radius 2 is 2.08 bits per heavy atom. The molecule has 0 aliphatic heterocycles. The third-order valence-corrected chi connectivity index (χ3v) is 2.79. The molecule has 1 aromatic heterocycles. The second-order valence-electron chi connectivity index (χ2n) is 4.01. The summed E-state index contributed by atoms with van der Waals surface area (Å²) < 4.78 is 1.72. The van der Waals surface area contributed by atoms with Gasteiger partial charge in [-0.25, -0.2) is 4.68 Å². The molecule has 3 nitrogen and oxygen atoms in total. The van der Waals surface area contributed by atoms with E-state index in [1.54, 1.807) is 10.9 Å². The predicted molar refractivity (Wildman–Crippen MR) is 50.2 cm³/mol. The van der Waals surface area contributed by atoms with Crippen LogP contribution in [0.25, 0.3) is 0 Å². The average Bonchev–Trinajstić information content (AvgIpc) is 2.54. The van der Waals surface area contributed by atoms with Gasteiger partial charge in [-0.3, -0.25) is 0 Å². The normalized spacial score (nSPS) is 21.7. The van der Waals surface area contributed by atoms with Gasteiger partial charge in [-0.2, -0.15) is 5.10 Å². The Balaban J connectivity index is 2.22. The minimum Gasteiger partial charge on any atom is -0.369 e. The van der Waals surface area contributed by atoms with Crippen molar-refractivity contribution in [2.75, 3.05) is 0 Å². The Kier molecular flexibility index (Phi) is 2.12. The van der Waals surface area contributed by atoms with Crippen molar-refractivity contribution in [2.45, 2.75) is 44.8 Å². The zero-order valence-corrected chi connectivity index (χ0v) is 8.03. The number of aliphatic hydroxyl groups is 1. The van der Waals surface area contributed by atoms with Crippen LogP contribution < -0.4 is 0 Å². The summed E-state index contributed by atoms with van der Waals surface area (Å²) in [7, 11) is 0. The predicted octanol–water partition coefficient (Wildman–Crippen LogP) is 1.80. The standard InChI is InChI=1S/C10H16N2O/c1-9-7-11-12(8-9)10(13)5-3-2-4-6-10/h7-8,13H,2-6H2,1H3. The van der Waals surface area contributed by atoms with Crippen molar-refractivity contribution in [3.8, 4) is 0 Å². The number of aryl methyl sites for hydroxylation is 1. The first-order chi connectivity index (χ1) is 6.21. The Hall–Kier alpha value is -0.830. The van der Waals surface area contributed by atoms with Crippen LogP contribution in [0.2, 0.25) is 0 Å². The van der Waals surface area contributed by atoms with Crippen LogP contribution in [-0.4, -0.2) is 14.9 Å². The van der Waals surface area contributed by atoms with Gasteiger partial charge in [0, 0.05) is 6.20 Å². The maximum atomic E-state index is 10.3. The topological polar surface area (TPSA) is 38.0 Å². The fourth-order valence-corrected chi connectivity index (χ4v) is 1.99. The molecule has 0 radical (unpaired) electrons. The largest absolute Gasteiger partial charge is 0.369 e. The molecule has 1 fully saturated rings. The van der Waals surface area contributed by atoms with E-state index in [1.807, 2.05) is 13.1 Å². The van der Waals surface area contributed by atoms with Crippen molar-refractivity contribution < 1.29 is 5.11 Å². The quantitative estimate of drug-likeness (QED) is 0.715. The molecule has 0 unspecified atom stereocenters. The van der Waals surface area contributed by atoms with E-state index in [9.17, 15) is 5.11 Å². The third-order valence-electron chi connectivity index (χ3n) is 2.79. The summed E-state index contributed by atoms with van der Waals surface area (Å²) in [6.45, 7) is 2.00. The van der Waals surface area contributed by atoms with E-state index in [0.29, 0.717) is 0 Å². The van der Waals surface area contributed by atoms with Crippen molar-refractivity contribution >= 4 is 0 Å². The smallest absolute Gasteiger partial charge is 0.157 e. The second kappa shape index (κ2) is 3.14. The van der Waals surface area contributed by atoms with Crippen molar-refractivity contribution in [3.63, 3.8) is 0 Å². The van der Waals surface area contributed by atoms with Crippen LogP contribution in [0.3, 0.4) is 0 Å². The van der Waals surface area contributed by atoms with Gasteiger partial charge in [0.05, 0.1) is 6.20 Å². The third kappa shape index (κ3) is 1.61. The van der Waals surface area contributed by atoms with Gasteiger partial charge in [0.25, 0.3) is 0 Å². The van der Waals surface area contributed by atoms with E-state index in [-0.39, 0.29) is 0 Å². The van der Waals surface area contributed by atoms with Crippen LogP contribution in [0.1, 0.15) is 37.7 Å². The minimum absolute atomic E-state index is 0.702. The van der Waals surface area contributed by atoms with Crippen molar-refractivity contribution in [2.24, 2.45) is 0 Å². The molecule has 1 aliphatic rings. The SMILES string of the molecule is Cc1cnn(C2(O)CCCCC2)c1. The Morgan fingerprint density at radius 3 is 2.62 bits per heavy atom. The maximum absolute atomic E-state index is 10.3. The van der Waals surface area contributed by atoms with E-state index in [0.717, 1.165) is 31.2 Å². The molecule has 2 rings (SSSR count). The molecule has 1 saturated carbocycles. The zero-order chi connectivity index (χ0) is 9.31. The number of hydrogen-bond acceptors (Lipinski definition) is 2. The molecule has 1 aliphatic carbocycles. The molecule has 13 heavy (non-hydrogen) atoms. The molecule has 72 valence electrons. The van der Waals surface area contributed by atoms with Crippen LogP contribution in [0.4, 0.5) is 0 Å². The van der Waals surface area contributed by atoms with Crippen molar-refractivity contribution in [1.29, 1.82) is 0 Å². The molecule has 0 spiro atoms. The second-order valence-corrected chi connectivity index (χ2v) is 4.01. The maximum Gasteiger partial charge on any atom is 0.157 e. The lowest BCUT2D eigenvalue weighted by Crippen LogP contribution is -2.35. The van der Waals surface area contributed by atoms with Gasteiger partial charge < -0.3 is 5.11 Å². The first kappa shape index (κ1) is 8.75. The summed E-state index contributed by atoms with van der Waals surface area (Å²) in [5.41, 5.74) is 0.408. The molecular formula is C10H16N2O. The number of aromatic nitrogens is 2. The fourth-order valence-electron chi connectivity index (χ4n) is 1.99. The van der Waals surface area contributed by atoms with E-state index in [4.69, 9.17) is 0 Å². The molecule has 0 amide bonds. The molecule has 0 atom stereocenters. The molecule has 0 aromatic carbocycles. The van der Waals surface area contributed by atoms with E-state index in [2.05, 4.69) is 5.10 Å². The Labute approximate surface area is 78.4 Å². The summed E-state index contributed by atoms with van der Waals surface area (Å²) in [5, 5.41) is 14.4. The number of rotatable bonds is 1. The molecule has 3 heteroatoms. The zero-order valence-electron chi connectivity index (χ0n) is 8.03. The van der Waals surface area contributed by atoms with Gasteiger partial charge in [-0.15, -0.1) is 0 Å². The van der Waals surface area contributed by atoms with E-state index < -0.39 is 5.72 Å². The minimum atomic E-state index is -0.702. The molecule has 1 heterocycles. The molecule has 1 aromatic rings. The van der Waals surface area contributed by atoms with Gasteiger partial charge in [-0.05, 0) is 38.2 Å². The monoisotopic (exact) mass is 180 g/mol. The Bertz CT molecular complexity index is 287. The van der Waals surface area contributed by atoms with Crippen molar-refractivity contribution in [3.05, 3.63) is 18.0 Å². The summed E-state index contributed by atoms with van der Waals surface area (Å²) in [5.74, 6) is 0. The van der Waals surface area contributed by atoms with Gasteiger partial charge in [0.2, 0.25) is 0 Å². The van der Waals surface area contributed by atoms with Crippen LogP contribution in [-0.2, 0) is 5.72 Å². The summed E-state index contributed by atoms with van der Waals surface area (Å²) in [6, 6.07) is 0. The van der Waals surface area contributed by atoms with Crippen molar-refractivity contribution in [1.82, 2.24) is 9.78 Å². The lowest BCUT2D eigenvalue weighted by Gasteiger charge is -2.32. The van der Waals surface area contributed by atoms with Gasteiger partial charge in [-0.1, -0.05) is 6.42 Å². The van der Waals surface area contributed by atoms with Gasteiger partial charge in [0.15, 0.2) is 5.72 Å². The Morgan fingerprint density at radius 1 is 1.38 bits per heavy atom. The summed E-state index contributed by atoms with van der Waals surface area (Å²) >= 11 is 0. The highest BCUT2D eigenvalue weighted by Gasteiger charge is 2.31. The van der Waals surface area contributed by atoms with Crippen LogP contribution in [0.15, 0.2) is 12.4 Å². The van der Waals surface area contributed by atoms with Gasteiger partial charge >= 0.3 is 0 Å². The first-order valence-electron chi connectivity index (χ1n) is 4.95. The van der Waals surface area contributed by atoms with Crippen LogP contribution in [0, 0.1) is 6.92 Å². The fraction of sp³-hybridized carbons (Fsp3) is 0.700. The highest BCUT2D eigenvalue weighted by atomic mass is 16.3. The van der Waals surface area contributed by atoms with Gasteiger partial charge in [0.1, 0.15) is 0 Å². The lowest BCUT2D eigenvalue weighted by atomic mass is 9.92. The first-order valence-corrected chi connectivity index (χ1v) is 4.95. The number of nitrogens with zero attached hydrogens (tertiary/aromatic N) is 2. The van der Waals surface area contributed by atoms with Crippen LogP contribution in [0.5, 0.6) is 0 Å². The summed E-state index contributed by atoms with van der Waals surface area (Å²) in [4.78, 5) is 0. The summed E-state index contributed by atoms with van der Waals surface area (Å²) in [6.07, 6.45) is 8.85. The van der Waals surface area contributed by atoms with Crippen LogP contribution >= 0.6 is 0 Å². The molecule has 0 bridgehead atoms. The molecule has 1 N–H and O–H groups in total. The van der Waals surface area contributed by atoms with E-state index in [1.165, 1.54) is 6.42 Å². The highest BCUT2D eigenvalue weighted by Crippen LogP contribution is 2.31.